The molecule has 0 radical (unpaired) electrons. The van der Waals surface area contributed by atoms with Crippen molar-refractivity contribution in [2.45, 2.75) is 58.6 Å². The molecule has 3 nitrogen and oxygen atoms in total. The van der Waals surface area contributed by atoms with Crippen LogP contribution < -0.4 is 0 Å². The standard InChI is InChI=1S/C13H22N2O/c1-9(2)12-13(10(3)4)15(8-14-12)11-6-5-7-16-11/h8-11H,5-7H2,1-4H3. The van der Waals surface area contributed by atoms with Crippen LogP contribution in [0.3, 0.4) is 0 Å². The van der Waals surface area contributed by atoms with Gasteiger partial charge in [-0.3, -0.25) is 0 Å². The molecule has 2 rings (SSSR count). The van der Waals surface area contributed by atoms with Crippen LogP contribution in [0.4, 0.5) is 0 Å². The van der Waals surface area contributed by atoms with Crippen molar-refractivity contribution >= 4 is 0 Å². The van der Waals surface area contributed by atoms with E-state index in [9.17, 15) is 0 Å². The predicted octanol–water partition coefficient (Wildman–Crippen LogP) is 3.44. The van der Waals surface area contributed by atoms with E-state index in [1.165, 1.54) is 11.4 Å². The topological polar surface area (TPSA) is 27.1 Å². The second-order valence-corrected chi connectivity index (χ2v) is 5.20. The number of ether oxygens (including phenoxy) is 1. The summed E-state index contributed by atoms with van der Waals surface area (Å²) in [6, 6.07) is 0. The molecule has 0 N–H and O–H groups in total. The van der Waals surface area contributed by atoms with Crippen molar-refractivity contribution in [1.82, 2.24) is 9.55 Å². The van der Waals surface area contributed by atoms with Gasteiger partial charge in [-0.25, -0.2) is 4.98 Å². The highest BCUT2D eigenvalue weighted by Gasteiger charge is 2.24. The quantitative estimate of drug-likeness (QED) is 0.783. The van der Waals surface area contributed by atoms with E-state index in [1.807, 2.05) is 6.33 Å². The molecule has 0 bridgehead atoms. The first-order chi connectivity index (χ1) is 7.61. The molecule has 16 heavy (non-hydrogen) atoms. The Kier molecular flexibility index (Phi) is 3.33. The third-order valence-corrected chi connectivity index (χ3v) is 3.17. The van der Waals surface area contributed by atoms with Gasteiger partial charge in [-0.05, 0) is 24.7 Å². The number of hydrogen-bond donors (Lipinski definition) is 0. The summed E-state index contributed by atoms with van der Waals surface area (Å²) in [4.78, 5) is 4.56. The van der Waals surface area contributed by atoms with Crippen LogP contribution in [0.15, 0.2) is 6.33 Å². The number of nitrogens with zero attached hydrogens (tertiary/aromatic N) is 2. The molecule has 0 spiro atoms. The minimum absolute atomic E-state index is 0.220. The van der Waals surface area contributed by atoms with Gasteiger partial charge in [0, 0.05) is 12.3 Å². The third kappa shape index (κ3) is 2.01. The van der Waals surface area contributed by atoms with E-state index < -0.39 is 0 Å². The van der Waals surface area contributed by atoms with Crippen LogP contribution in [-0.4, -0.2) is 16.2 Å². The summed E-state index contributed by atoms with van der Waals surface area (Å²) in [6.45, 7) is 9.75. The molecule has 0 amide bonds. The highest BCUT2D eigenvalue weighted by Crippen LogP contribution is 2.31. The maximum Gasteiger partial charge on any atom is 0.135 e. The second-order valence-electron chi connectivity index (χ2n) is 5.20. The Morgan fingerprint density at radius 3 is 2.56 bits per heavy atom. The highest BCUT2D eigenvalue weighted by atomic mass is 16.5. The second kappa shape index (κ2) is 4.58. The molecule has 0 aromatic carbocycles. The summed E-state index contributed by atoms with van der Waals surface area (Å²) < 4.78 is 7.99. The summed E-state index contributed by atoms with van der Waals surface area (Å²) in [5, 5.41) is 0. The van der Waals surface area contributed by atoms with E-state index in [0.29, 0.717) is 11.8 Å². The lowest BCUT2D eigenvalue weighted by Crippen LogP contribution is -2.12. The Morgan fingerprint density at radius 2 is 2.06 bits per heavy atom. The molecule has 1 aliphatic rings. The molecule has 0 saturated carbocycles. The smallest absolute Gasteiger partial charge is 0.135 e. The van der Waals surface area contributed by atoms with Crippen molar-refractivity contribution in [2.24, 2.45) is 0 Å². The molecule has 1 saturated heterocycles. The Morgan fingerprint density at radius 1 is 1.31 bits per heavy atom. The monoisotopic (exact) mass is 222 g/mol. The largest absolute Gasteiger partial charge is 0.358 e. The van der Waals surface area contributed by atoms with Gasteiger partial charge in [-0.2, -0.15) is 0 Å². The molecule has 1 aromatic rings. The van der Waals surface area contributed by atoms with Gasteiger partial charge >= 0.3 is 0 Å². The molecule has 2 heterocycles. The summed E-state index contributed by atoms with van der Waals surface area (Å²) in [5.41, 5.74) is 2.58. The minimum atomic E-state index is 0.220. The van der Waals surface area contributed by atoms with E-state index in [1.54, 1.807) is 0 Å². The van der Waals surface area contributed by atoms with Crippen LogP contribution in [0.5, 0.6) is 0 Å². The summed E-state index contributed by atoms with van der Waals surface area (Å²) in [7, 11) is 0. The van der Waals surface area contributed by atoms with Crippen LogP contribution in [0.1, 0.15) is 70.0 Å². The van der Waals surface area contributed by atoms with Gasteiger partial charge in [0.1, 0.15) is 6.23 Å². The fraction of sp³-hybridized carbons (Fsp3) is 0.769. The van der Waals surface area contributed by atoms with Crippen molar-refractivity contribution in [3.05, 3.63) is 17.7 Å². The van der Waals surface area contributed by atoms with Gasteiger partial charge in [0.15, 0.2) is 0 Å². The average molecular weight is 222 g/mol. The van der Waals surface area contributed by atoms with Crippen molar-refractivity contribution in [3.8, 4) is 0 Å². The first-order valence-electron chi connectivity index (χ1n) is 6.29. The highest BCUT2D eigenvalue weighted by molar-refractivity contribution is 5.20. The lowest BCUT2D eigenvalue weighted by molar-refractivity contribution is 0.0538. The van der Waals surface area contributed by atoms with Crippen molar-refractivity contribution in [3.63, 3.8) is 0 Å². The van der Waals surface area contributed by atoms with E-state index in [-0.39, 0.29) is 6.23 Å². The zero-order valence-electron chi connectivity index (χ0n) is 10.7. The summed E-state index contributed by atoms with van der Waals surface area (Å²) >= 11 is 0. The number of imidazole rings is 1. The summed E-state index contributed by atoms with van der Waals surface area (Å²) in [5.74, 6) is 0.990. The van der Waals surface area contributed by atoms with Crippen LogP contribution in [0.2, 0.25) is 0 Å². The molecule has 1 aromatic heterocycles. The van der Waals surface area contributed by atoms with Crippen molar-refractivity contribution in [1.29, 1.82) is 0 Å². The molecular weight excluding hydrogens is 200 g/mol. The Balaban J connectivity index is 2.37. The van der Waals surface area contributed by atoms with Gasteiger partial charge in [-0.1, -0.05) is 27.7 Å². The lowest BCUT2D eigenvalue weighted by atomic mass is 10.0. The predicted molar refractivity (Wildman–Crippen MR) is 64.6 cm³/mol. The van der Waals surface area contributed by atoms with Gasteiger partial charge in [-0.15, -0.1) is 0 Å². The minimum Gasteiger partial charge on any atom is -0.358 e. The Bertz CT molecular complexity index is 349. The molecule has 3 heteroatoms. The number of aromatic nitrogens is 2. The van der Waals surface area contributed by atoms with Crippen LogP contribution in [0.25, 0.3) is 0 Å². The van der Waals surface area contributed by atoms with Crippen LogP contribution in [-0.2, 0) is 4.74 Å². The molecule has 90 valence electrons. The van der Waals surface area contributed by atoms with Crippen molar-refractivity contribution in [2.75, 3.05) is 6.61 Å². The fourth-order valence-corrected chi connectivity index (χ4v) is 2.43. The molecule has 1 unspecified atom stereocenters. The van der Waals surface area contributed by atoms with E-state index in [4.69, 9.17) is 4.74 Å². The average Bonchev–Trinajstić information content (AvgIpc) is 2.85. The third-order valence-electron chi connectivity index (χ3n) is 3.17. The number of rotatable bonds is 3. The SMILES string of the molecule is CC(C)c1ncn(C2CCCO2)c1C(C)C. The van der Waals surface area contributed by atoms with Crippen molar-refractivity contribution < 1.29 is 4.74 Å². The normalized spacial score (nSPS) is 21.2. The van der Waals surface area contributed by atoms with Gasteiger partial charge in [0.2, 0.25) is 0 Å². The van der Waals surface area contributed by atoms with Gasteiger partial charge in [0.05, 0.1) is 12.0 Å². The Labute approximate surface area is 97.8 Å². The number of hydrogen-bond acceptors (Lipinski definition) is 2. The lowest BCUT2D eigenvalue weighted by Gasteiger charge is -2.19. The maximum absolute atomic E-state index is 5.75. The zero-order valence-corrected chi connectivity index (χ0v) is 10.7. The maximum atomic E-state index is 5.75. The molecule has 1 fully saturated rings. The van der Waals surface area contributed by atoms with E-state index >= 15 is 0 Å². The van der Waals surface area contributed by atoms with Crippen LogP contribution in [0, 0.1) is 0 Å². The zero-order chi connectivity index (χ0) is 11.7. The van der Waals surface area contributed by atoms with Crippen LogP contribution >= 0.6 is 0 Å². The molecule has 0 aliphatic carbocycles. The first-order valence-corrected chi connectivity index (χ1v) is 6.29. The Hall–Kier alpha value is -0.830. The van der Waals surface area contributed by atoms with E-state index in [2.05, 4.69) is 37.2 Å². The fourth-order valence-electron chi connectivity index (χ4n) is 2.43. The summed E-state index contributed by atoms with van der Waals surface area (Å²) in [6.07, 6.45) is 4.46. The molecule has 1 atom stereocenters. The van der Waals surface area contributed by atoms with Gasteiger partial charge < -0.3 is 9.30 Å². The van der Waals surface area contributed by atoms with E-state index in [0.717, 1.165) is 19.4 Å². The molecular formula is C13H22N2O. The molecule has 1 aliphatic heterocycles. The first kappa shape index (κ1) is 11.6. The van der Waals surface area contributed by atoms with Gasteiger partial charge in [0.25, 0.3) is 0 Å².